The molecule has 1 saturated heterocycles. The second-order valence-corrected chi connectivity index (χ2v) is 8.21. The van der Waals surface area contributed by atoms with Crippen LogP contribution in [0.4, 0.5) is 4.79 Å². The minimum atomic E-state index is -0.638. The fourth-order valence-electron chi connectivity index (χ4n) is 3.03. The highest BCUT2D eigenvalue weighted by Gasteiger charge is 2.37. The van der Waals surface area contributed by atoms with Crippen LogP contribution in [-0.2, 0) is 22.4 Å². The Labute approximate surface area is 188 Å². The van der Waals surface area contributed by atoms with E-state index in [9.17, 15) is 14.4 Å². The van der Waals surface area contributed by atoms with Crippen molar-refractivity contribution in [3.8, 4) is 0 Å². The van der Waals surface area contributed by atoms with Gasteiger partial charge >= 0.3 is 6.03 Å². The van der Waals surface area contributed by atoms with E-state index in [4.69, 9.17) is 46.4 Å². The maximum Gasteiger partial charge on any atom is 0.333 e. The molecular formula is C20H16Cl4N2O3. The second-order valence-electron chi connectivity index (χ2n) is 6.52. The van der Waals surface area contributed by atoms with Gasteiger partial charge < -0.3 is 0 Å². The number of carbonyl (C=O) groups excluding carboxylic acids is 3. The molecule has 152 valence electrons. The number of rotatable bonds is 6. The zero-order valence-electron chi connectivity index (χ0n) is 15.1. The summed E-state index contributed by atoms with van der Waals surface area (Å²) in [6, 6.07) is 9.43. The number of hydrogen-bond acceptors (Lipinski definition) is 3. The summed E-state index contributed by atoms with van der Waals surface area (Å²) >= 11 is 24.1. The second kappa shape index (κ2) is 9.35. The Morgan fingerprint density at radius 2 is 1.10 bits per heavy atom. The van der Waals surface area contributed by atoms with Crippen LogP contribution in [0, 0.1) is 0 Å². The minimum Gasteiger partial charge on any atom is -0.274 e. The van der Waals surface area contributed by atoms with Crippen molar-refractivity contribution in [2.75, 3.05) is 13.1 Å². The molecule has 1 heterocycles. The third kappa shape index (κ3) is 5.23. The van der Waals surface area contributed by atoms with Crippen LogP contribution in [0.25, 0.3) is 0 Å². The largest absolute Gasteiger partial charge is 0.333 e. The molecule has 0 bridgehead atoms. The lowest BCUT2D eigenvalue weighted by Crippen LogP contribution is -2.55. The Morgan fingerprint density at radius 1 is 0.690 bits per heavy atom. The average molecular weight is 474 g/mol. The molecular weight excluding hydrogens is 458 g/mol. The highest BCUT2D eigenvalue weighted by molar-refractivity contribution is 6.35. The predicted molar refractivity (Wildman–Crippen MR) is 114 cm³/mol. The van der Waals surface area contributed by atoms with E-state index in [1.165, 1.54) is 0 Å². The number of amides is 4. The molecule has 0 radical (unpaired) electrons. The van der Waals surface area contributed by atoms with Crippen molar-refractivity contribution < 1.29 is 14.4 Å². The number of benzene rings is 2. The van der Waals surface area contributed by atoms with E-state index in [2.05, 4.69) is 0 Å². The van der Waals surface area contributed by atoms with Crippen molar-refractivity contribution in [2.45, 2.75) is 19.3 Å². The highest BCUT2D eigenvalue weighted by atomic mass is 35.5. The number of hydrogen-bond donors (Lipinski definition) is 0. The molecule has 0 N–H and O–H groups in total. The van der Waals surface area contributed by atoms with E-state index in [0.29, 0.717) is 32.9 Å². The molecule has 5 nitrogen and oxygen atoms in total. The number of carbonyl (C=O) groups is 3. The van der Waals surface area contributed by atoms with Crippen LogP contribution in [0.15, 0.2) is 36.4 Å². The first-order valence-electron chi connectivity index (χ1n) is 8.79. The summed E-state index contributed by atoms with van der Waals surface area (Å²) in [7, 11) is 0. The molecule has 4 amide bonds. The topological polar surface area (TPSA) is 57.7 Å². The molecule has 0 aliphatic carbocycles. The molecule has 1 aliphatic heterocycles. The summed E-state index contributed by atoms with van der Waals surface area (Å²) < 4.78 is 0. The van der Waals surface area contributed by atoms with Gasteiger partial charge in [0.05, 0.1) is 0 Å². The lowest BCUT2D eigenvalue weighted by molar-refractivity contribution is -0.142. The van der Waals surface area contributed by atoms with Gasteiger partial charge in [-0.05, 0) is 48.2 Å². The van der Waals surface area contributed by atoms with E-state index in [1.807, 2.05) is 0 Å². The smallest absolute Gasteiger partial charge is 0.274 e. The molecule has 0 aromatic heterocycles. The lowest BCUT2D eigenvalue weighted by atomic mass is 10.1. The number of imide groups is 2. The van der Waals surface area contributed by atoms with Gasteiger partial charge in [0.2, 0.25) is 11.8 Å². The van der Waals surface area contributed by atoms with E-state index < -0.39 is 17.8 Å². The number of halogens is 4. The molecule has 0 unspecified atom stereocenters. The average Bonchev–Trinajstić information content (AvgIpc) is 2.64. The molecule has 2 aromatic carbocycles. The summed E-state index contributed by atoms with van der Waals surface area (Å²) in [4.78, 5) is 39.4. The van der Waals surface area contributed by atoms with Crippen molar-refractivity contribution in [2.24, 2.45) is 0 Å². The normalized spacial score (nSPS) is 14.7. The van der Waals surface area contributed by atoms with Crippen molar-refractivity contribution in [3.63, 3.8) is 0 Å². The minimum absolute atomic E-state index is 0.116. The SMILES string of the molecule is O=C1CC(=O)N(CCc2ccc(Cl)cc2Cl)C(=O)N1CCc1ccc(Cl)cc1Cl. The zero-order valence-corrected chi connectivity index (χ0v) is 18.2. The molecule has 0 spiro atoms. The zero-order chi connectivity index (χ0) is 21.1. The number of urea groups is 1. The Hall–Kier alpha value is -1.79. The molecule has 1 fully saturated rings. The number of barbiturate groups is 1. The van der Waals surface area contributed by atoms with Gasteiger partial charge in [-0.1, -0.05) is 58.5 Å². The van der Waals surface area contributed by atoms with Crippen molar-refractivity contribution in [3.05, 3.63) is 67.6 Å². The highest BCUT2D eigenvalue weighted by Crippen LogP contribution is 2.24. The molecule has 2 aromatic rings. The molecule has 0 atom stereocenters. The Morgan fingerprint density at radius 3 is 1.48 bits per heavy atom. The summed E-state index contributed by atoms with van der Waals surface area (Å²) in [6.45, 7) is 0.231. The first kappa shape index (κ1) is 21.9. The summed E-state index contributed by atoms with van der Waals surface area (Å²) in [5.74, 6) is -1.04. The van der Waals surface area contributed by atoms with Gasteiger partial charge in [-0.2, -0.15) is 0 Å². The fraction of sp³-hybridized carbons (Fsp3) is 0.250. The number of nitrogens with zero attached hydrogens (tertiary/aromatic N) is 2. The first-order chi connectivity index (χ1) is 13.8. The van der Waals surface area contributed by atoms with Crippen LogP contribution < -0.4 is 0 Å². The maximum atomic E-state index is 12.8. The molecule has 29 heavy (non-hydrogen) atoms. The first-order valence-corrected chi connectivity index (χ1v) is 10.3. The van der Waals surface area contributed by atoms with Gasteiger partial charge in [0.15, 0.2) is 0 Å². The van der Waals surface area contributed by atoms with Gasteiger partial charge in [0.1, 0.15) is 6.42 Å². The quantitative estimate of drug-likeness (QED) is 0.537. The maximum absolute atomic E-state index is 12.8. The van der Waals surface area contributed by atoms with E-state index in [0.717, 1.165) is 20.9 Å². The van der Waals surface area contributed by atoms with Crippen LogP contribution in [0.3, 0.4) is 0 Å². The van der Waals surface area contributed by atoms with Gasteiger partial charge in [-0.25, -0.2) is 4.79 Å². The third-order valence-corrected chi connectivity index (χ3v) is 5.78. The lowest BCUT2D eigenvalue weighted by Gasteiger charge is -2.32. The predicted octanol–water partition coefficient (Wildman–Crippen LogP) is 5.27. The van der Waals surface area contributed by atoms with Crippen LogP contribution in [0.5, 0.6) is 0 Å². The molecule has 0 saturated carbocycles. The van der Waals surface area contributed by atoms with Crippen molar-refractivity contribution in [1.82, 2.24) is 9.80 Å². The van der Waals surface area contributed by atoms with Gasteiger partial charge in [0, 0.05) is 33.2 Å². The Balaban J connectivity index is 1.68. The summed E-state index contributed by atoms with van der Waals surface area (Å²) in [6.07, 6.45) is 0.367. The van der Waals surface area contributed by atoms with Gasteiger partial charge in [-0.15, -0.1) is 0 Å². The van der Waals surface area contributed by atoms with Crippen LogP contribution in [-0.4, -0.2) is 40.7 Å². The van der Waals surface area contributed by atoms with Crippen LogP contribution >= 0.6 is 46.4 Å². The molecule has 9 heteroatoms. The third-order valence-electron chi connectivity index (χ3n) is 4.61. The Bertz CT molecular complexity index is 905. The standard InChI is InChI=1S/C20H16Cl4N2O3/c21-14-3-1-12(16(23)9-14)5-7-25-18(27)11-19(28)26(20(25)29)8-6-13-2-4-15(22)10-17(13)24/h1-4,9-10H,5-8,11H2. The van der Waals surface area contributed by atoms with Gasteiger partial charge in [0.25, 0.3) is 0 Å². The summed E-state index contributed by atoms with van der Waals surface area (Å²) in [5.41, 5.74) is 1.51. The van der Waals surface area contributed by atoms with Crippen molar-refractivity contribution in [1.29, 1.82) is 0 Å². The Kier molecular flexibility index (Phi) is 7.06. The van der Waals surface area contributed by atoms with E-state index >= 15 is 0 Å². The monoisotopic (exact) mass is 472 g/mol. The summed E-state index contributed by atoms with van der Waals surface area (Å²) in [5, 5.41) is 1.92. The van der Waals surface area contributed by atoms with E-state index in [-0.39, 0.29) is 19.5 Å². The van der Waals surface area contributed by atoms with Crippen LogP contribution in [0.2, 0.25) is 20.1 Å². The van der Waals surface area contributed by atoms with Crippen molar-refractivity contribution >= 4 is 64.2 Å². The van der Waals surface area contributed by atoms with E-state index in [1.54, 1.807) is 36.4 Å². The van der Waals surface area contributed by atoms with Gasteiger partial charge in [-0.3, -0.25) is 19.4 Å². The molecule has 1 aliphatic rings. The fourth-order valence-corrected chi connectivity index (χ4v) is 4.04. The molecule has 3 rings (SSSR count). The van der Waals surface area contributed by atoms with Crippen LogP contribution in [0.1, 0.15) is 17.5 Å².